The Morgan fingerprint density at radius 3 is 2.55 bits per heavy atom. The number of hydrogen-bond donors (Lipinski definition) is 1. The molecule has 0 unspecified atom stereocenters. The summed E-state index contributed by atoms with van der Waals surface area (Å²) < 4.78 is 34.1. The molecule has 0 radical (unpaired) electrons. The molecular weight excluding hydrogens is 416 g/mol. The van der Waals surface area contributed by atoms with Crippen LogP contribution in [0.5, 0.6) is 0 Å². The Kier molecular flexibility index (Phi) is 5.53. The van der Waals surface area contributed by atoms with E-state index in [2.05, 4.69) is 14.9 Å². The SMILES string of the molecule is Cc1ccc(-c2noc(C(=O)N3CCCC3)n2)cc1S(=O)(=O)Nc1cccc(C)c1C. The normalized spacial score (nSPS) is 14.1. The van der Waals surface area contributed by atoms with E-state index in [1.54, 1.807) is 30.0 Å². The number of carbonyl (C=O) groups excluding carboxylic acids is 1. The molecule has 1 amide bonds. The van der Waals surface area contributed by atoms with E-state index in [1.165, 1.54) is 6.07 Å². The van der Waals surface area contributed by atoms with Crippen LogP contribution in [0.4, 0.5) is 5.69 Å². The van der Waals surface area contributed by atoms with E-state index in [9.17, 15) is 13.2 Å². The highest BCUT2D eigenvalue weighted by atomic mass is 32.2. The van der Waals surface area contributed by atoms with Crippen molar-refractivity contribution in [2.24, 2.45) is 0 Å². The van der Waals surface area contributed by atoms with Gasteiger partial charge in [-0.05, 0) is 62.4 Å². The molecule has 0 aliphatic carbocycles. The second-order valence-electron chi connectivity index (χ2n) is 7.76. The fraction of sp³-hybridized carbons (Fsp3) is 0.318. The lowest BCUT2D eigenvalue weighted by molar-refractivity contribution is 0.0743. The first-order valence-electron chi connectivity index (χ1n) is 10.1. The summed E-state index contributed by atoms with van der Waals surface area (Å²) in [4.78, 5) is 18.5. The van der Waals surface area contributed by atoms with Crippen molar-refractivity contribution in [2.45, 2.75) is 38.5 Å². The van der Waals surface area contributed by atoms with E-state index in [4.69, 9.17) is 4.52 Å². The quantitative estimate of drug-likeness (QED) is 0.649. The van der Waals surface area contributed by atoms with Crippen LogP contribution in [0.1, 0.15) is 40.2 Å². The van der Waals surface area contributed by atoms with Crippen molar-refractivity contribution >= 4 is 21.6 Å². The van der Waals surface area contributed by atoms with Crippen molar-refractivity contribution < 1.29 is 17.7 Å². The molecule has 3 aromatic rings. The van der Waals surface area contributed by atoms with Crippen molar-refractivity contribution in [3.05, 3.63) is 59.0 Å². The maximum atomic E-state index is 13.1. The van der Waals surface area contributed by atoms with Crippen LogP contribution in [-0.4, -0.2) is 42.5 Å². The second kappa shape index (κ2) is 8.14. The monoisotopic (exact) mass is 440 g/mol. The smallest absolute Gasteiger partial charge is 0.316 e. The number of nitrogens with one attached hydrogen (secondary N) is 1. The number of hydrogen-bond acceptors (Lipinski definition) is 6. The zero-order chi connectivity index (χ0) is 22.2. The van der Waals surface area contributed by atoms with Gasteiger partial charge in [-0.1, -0.05) is 29.4 Å². The highest BCUT2D eigenvalue weighted by Crippen LogP contribution is 2.27. The molecule has 4 rings (SSSR count). The Labute approximate surface area is 181 Å². The number of carbonyl (C=O) groups is 1. The van der Waals surface area contributed by atoms with E-state index in [1.807, 2.05) is 26.0 Å². The van der Waals surface area contributed by atoms with Crippen molar-refractivity contribution in [1.29, 1.82) is 0 Å². The fourth-order valence-electron chi connectivity index (χ4n) is 3.57. The zero-order valence-corrected chi connectivity index (χ0v) is 18.5. The summed E-state index contributed by atoms with van der Waals surface area (Å²) in [5, 5.41) is 3.89. The molecule has 0 spiro atoms. The van der Waals surface area contributed by atoms with Crippen molar-refractivity contribution in [3.63, 3.8) is 0 Å². The van der Waals surface area contributed by atoms with E-state index in [0.717, 1.165) is 24.0 Å². The maximum absolute atomic E-state index is 13.1. The maximum Gasteiger partial charge on any atom is 0.316 e. The standard InChI is InChI=1S/C22H24N4O4S/c1-14-7-6-8-18(16(14)3)25-31(28,29)19-13-17(10-9-15(19)2)20-23-21(30-24-20)22(27)26-11-4-5-12-26/h6-10,13,25H,4-5,11-12H2,1-3H3. The third-order valence-electron chi connectivity index (χ3n) is 5.59. The van der Waals surface area contributed by atoms with Gasteiger partial charge in [0.2, 0.25) is 5.82 Å². The first-order chi connectivity index (χ1) is 14.8. The molecule has 0 saturated carbocycles. The van der Waals surface area contributed by atoms with Gasteiger partial charge in [0.05, 0.1) is 10.6 Å². The first kappa shape index (κ1) is 21.0. The van der Waals surface area contributed by atoms with Gasteiger partial charge in [0, 0.05) is 18.7 Å². The van der Waals surface area contributed by atoms with Crippen LogP contribution in [0, 0.1) is 20.8 Å². The number of amides is 1. The van der Waals surface area contributed by atoms with Gasteiger partial charge in [0.1, 0.15) is 0 Å². The van der Waals surface area contributed by atoms with Crippen LogP contribution in [0.25, 0.3) is 11.4 Å². The number of rotatable bonds is 5. The minimum absolute atomic E-state index is 0.0876. The van der Waals surface area contributed by atoms with Gasteiger partial charge in [-0.15, -0.1) is 0 Å². The van der Waals surface area contributed by atoms with E-state index in [-0.39, 0.29) is 22.5 Å². The number of aryl methyl sites for hydroxylation is 2. The molecule has 1 aromatic heterocycles. The van der Waals surface area contributed by atoms with Crippen molar-refractivity contribution in [2.75, 3.05) is 17.8 Å². The number of nitrogens with zero attached hydrogens (tertiary/aromatic N) is 3. The molecule has 0 bridgehead atoms. The molecular formula is C22H24N4O4S. The number of sulfonamides is 1. The molecule has 1 saturated heterocycles. The molecule has 1 aliphatic heterocycles. The largest absolute Gasteiger partial charge is 0.334 e. The summed E-state index contributed by atoms with van der Waals surface area (Å²) in [5.41, 5.74) is 3.42. The van der Waals surface area contributed by atoms with Crippen LogP contribution in [-0.2, 0) is 10.0 Å². The van der Waals surface area contributed by atoms with Crippen LogP contribution < -0.4 is 4.72 Å². The third-order valence-corrected chi connectivity index (χ3v) is 7.09. The fourth-order valence-corrected chi connectivity index (χ4v) is 4.97. The number of likely N-dealkylation sites (tertiary alicyclic amines) is 1. The average Bonchev–Trinajstić information content (AvgIpc) is 3.43. The lowest BCUT2D eigenvalue weighted by Gasteiger charge is -2.14. The van der Waals surface area contributed by atoms with E-state index in [0.29, 0.717) is 29.9 Å². The highest BCUT2D eigenvalue weighted by molar-refractivity contribution is 7.92. The molecule has 2 aromatic carbocycles. The Morgan fingerprint density at radius 2 is 1.81 bits per heavy atom. The molecule has 9 heteroatoms. The molecule has 1 N–H and O–H groups in total. The van der Waals surface area contributed by atoms with Gasteiger partial charge in [-0.3, -0.25) is 9.52 Å². The van der Waals surface area contributed by atoms with Gasteiger partial charge < -0.3 is 9.42 Å². The molecule has 0 atom stereocenters. The molecule has 2 heterocycles. The summed E-state index contributed by atoms with van der Waals surface area (Å²) in [6.45, 7) is 6.87. The van der Waals surface area contributed by atoms with Gasteiger partial charge >= 0.3 is 11.8 Å². The lowest BCUT2D eigenvalue weighted by Crippen LogP contribution is -2.27. The summed E-state index contributed by atoms with van der Waals surface area (Å²) in [7, 11) is -3.85. The summed E-state index contributed by atoms with van der Waals surface area (Å²) in [6, 6.07) is 10.4. The Hall–Kier alpha value is -3.20. The average molecular weight is 441 g/mol. The molecule has 162 valence electrons. The topological polar surface area (TPSA) is 105 Å². The summed E-state index contributed by atoms with van der Waals surface area (Å²) in [5.74, 6) is -0.214. The van der Waals surface area contributed by atoms with E-state index < -0.39 is 10.0 Å². The Morgan fingerprint density at radius 1 is 1.06 bits per heavy atom. The van der Waals surface area contributed by atoms with Crippen LogP contribution in [0.15, 0.2) is 45.8 Å². The van der Waals surface area contributed by atoms with Crippen LogP contribution >= 0.6 is 0 Å². The number of aromatic nitrogens is 2. The van der Waals surface area contributed by atoms with Crippen LogP contribution in [0.2, 0.25) is 0 Å². The van der Waals surface area contributed by atoms with Gasteiger partial charge in [0.25, 0.3) is 10.0 Å². The summed E-state index contributed by atoms with van der Waals surface area (Å²) >= 11 is 0. The molecule has 31 heavy (non-hydrogen) atoms. The Balaban J connectivity index is 1.64. The Bertz CT molecular complexity index is 1240. The third kappa shape index (κ3) is 4.18. The van der Waals surface area contributed by atoms with Crippen LogP contribution in [0.3, 0.4) is 0 Å². The van der Waals surface area contributed by atoms with E-state index >= 15 is 0 Å². The molecule has 8 nitrogen and oxygen atoms in total. The minimum Gasteiger partial charge on any atom is -0.334 e. The highest BCUT2D eigenvalue weighted by Gasteiger charge is 2.26. The second-order valence-corrected chi connectivity index (χ2v) is 9.41. The molecule has 1 fully saturated rings. The summed E-state index contributed by atoms with van der Waals surface area (Å²) in [6.07, 6.45) is 1.92. The lowest BCUT2D eigenvalue weighted by atomic mass is 10.1. The van der Waals surface area contributed by atoms with Gasteiger partial charge in [0.15, 0.2) is 0 Å². The minimum atomic E-state index is -3.85. The predicted molar refractivity (Wildman–Crippen MR) is 116 cm³/mol. The predicted octanol–water partition coefficient (Wildman–Crippen LogP) is 3.70. The van der Waals surface area contributed by atoms with Gasteiger partial charge in [-0.2, -0.15) is 4.98 Å². The first-order valence-corrected chi connectivity index (χ1v) is 11.6. The molecule has 1 aliphatic rings. The zero-order valence-electron chi connectivity index (χ0n) is 17.7. The van der Waals surface area contributed by atoms with Crippen molar-refractivity contribution in [3.8, 4) is 11.4 Å². The van der Waals surface area contributed by atoms with Crippen molar-refractivity contribution in [1.82, 2.24) is 15.0 Å². The number of benzene rings is 2. The number of anilines is 1. The van der Waals surface area contributed by atoms with Gasteiger partial charge in [-0.25, -0.2) is 8.42 Å².